The predicted molar refractivity (Wildman–Crippen MR) is 72.3 cm³/mol. The molecular formula is C13H10Br2O. The van der Waals surface area contributed by atoms with Crippen molar-refractivity contribution in [3.8, 4) is 0 Å². The van der Waals surface area contributed by atoms with Gasteiger partial charge < -0.3 is 5.11 Å². The smallest absolute Gasteiger partial charge is 0.104 e. The topological polar surface area (TPSA) is 20.2 Å². The van der Waals surface area contributed by atoms with Crippen molar-refractivity contribution in [2.24, 2.45) is 0 Å². The lowest BCUT2D eigenvalue weighted by molar-refractivity contribution is 0.220. The van der Waals surface area contributed by atoms with Crippen molar-refractivity contribution < 1.29 is 5.11 Å². The highest BCUT2D eigenvalue weighted by atomic mass is 79.9. The summed E-state index contributed by atoms with van der Waals surface area (Å²) < 4.78 is 1.90. The maximum atomic E-state index is 10.2. The van der Waals surface area contributed by atoms with E-state index in [0.717, 1.165) is 20.1 Å². The molecule has 0 spiro atoms. The molecular weight excluding hydrogens is 332 g/mol. The number of halogens is 2. The van der Waals surface area contributed by atoms with E-state index in [2.05, 4.69) is 31.9 Å². The molecule has 0 aliphatic carbocycles. The summed E-state index contributed by atoms with van der Waals surface area (Å²) in [6.07, 6.45) is -0.588. The molecule has 1 atom stereocenters. The van der Waals surface area contributed by atoms with Gasteiger partial charge in [-0.05, 0) is 29.3 Å². The van der Waals surface area contributed by atoms with Gasteiger partial charge in [-0.3, -0.25) is 0 Å². The van der Waals surface area contributed by atoms with Gasteiger partial charge in [0.15, 0.2) is 0 Å². The van der Waals surface area contributed by atoms with Crippen LogP contribution in [-0.4, -0.2) is 5.11 Å². The number of hydrogen-bond donors (Lipinski definition) is 1. The molecule has 2 aromatic rings. The summed E-state index contributed by atoms with van der Waals surface area (Å²) in [5.41, 5.74) is 1.76. The van der Waals surface area contributed by atoms with Crippen molar-refractivity contribution in [3.05, 3.63) is 68.6 Å². The Balaban J connectivity index is 2.37. The van der Waals surface area contributed by atoms with Gasteiger partial charge in [0.2, 0.25) is 0 Å². The van der Waals surface area contributed by atoms with Gasteiger partial charge in [0, 0.05) is 8.95 Å². The van der Waals surface area contributed by atoms with Crippen molar-refractivity contribution >= 4 is 31.9 Å². The molecule has 0 aliphatic heterocycles. The van der Waals surface area contributed by atoms with E-state index in [9.17, 15) is 5.11 Å². The van der Waals surface area contributed by atoms with E-state index in [1.807, 2.05) is 48.5 Å². The van der Waals surface area contributed by atoms with E-state index in [1.54, 1.807) is 0 Å². The number of benzene rings is 2. The van der Waals surface area contributed by atoms with Gasteiger partial charge in [0.05, 0.1) is 0 Å². The highest BCUT2D eigenvalue weighted by molar-refractivity contribution is 9.11. The molecule has 1 nitrogen and oxygen atoms in total. The average molecular weight is 342 g/mol. The molecule has 0 fully saturated rings. The number of aliphatic hydroxyl groups excluding tert-OH is 1. The molecule has 0 amide bonds. The fraction of sp³-hybridized carbons (Fsp3) is 0.0769. The third-order valence-electron chi connectivity index (χ3n) is 2.32. The predicted octanol–water partition coefficient (Wildman–Crippen LogP) is 4.29. The van der Waals surface area contributed by atoms with Crippen molar-refractivity contribution in [3.63, 3.8) is 0 Å². The maximum absolute atomic E-state index is 10.2. The van der Waals surface area contributed by atoms with Gasteiger partial charge in [-0.25, -0.2) is 0 Å². The first-order valence-corrected chi connectivity index (χ1v) is 6.44. The molecule has 0 unspecified atom stereocenters. The molecule has 2 aromatic carbocycles. The van der Waals surface area contributed by atoms with Crippen LogP contribution in [0.2, 0.25) is 0 Å². The zero-order chi connectivity index (χ0) is 11.5. The highest BCUT2D eigenvalue weighted by Gasteiger charge is 2.10. The van der Waals surface area contributed by atoms with Crippen LogP contribution in [0.25, 0.3) is 0 Å². The third-order valence-corrected chi connectivity index (χ3v) is 3.23. The molecule has 82 valence electrons. The summed E-state index contributed by atoms with van der Waals surface area (Å²) in [4.78, 5) is 0. The van der Waals surface area contributed by atoms with Gasteiger partial charge in [-0.15, -0.1) is 0 Å². The Morgan fingerprint density at radius 3 is 1.94 bits per heavy atom. The molecule has 2 rings (SSSR count). The summed E-state index contributed by atoms with van der Waals surface area (Å²) in [5, 5.41) is 10.2. The largest absolute Gasteiger partial charge is 0.384 e. The number of hydrogen-bond acceptors (Lipinski definition) is 1. The van der Waals surface area contributed by atoms with E-state index >= 15 is 0 Å². The molecule has 1 N–H and O–H groups in total. The lowest BCUT2D eigenvalue weighted by atomic mass is 10.0. The summed E-state index contributed by atoms with van der Waals surface area (Å²) >= 11 is 6.83. The van der Waals surface area contributed by atoms with Crippen molar-refractivity contribution in [2.75, 3.05) is 0 Å². The maximum Gasteiger partial charge on any atom is 0.104 e. The van der Waals surface area contributed by atoms with Crippen molar-refractivity contribution in [1.29, 1.82) is 0 Å². The van der Waals surface area contributed by atoms with Crippen molar-refractivity contribution in [1.82, 2.24) is 0 Å². The van der Waals surface area contributed by atoms with Gasteiger partial charge in [-0.1, -0.05) is 62.2 Å². The lowest BCUT2D eigenvalue weighted by Crippen LogP contribution is -1.99. The van der Waals surface area contributed by atoms with Crippen molar-refractivity contribution in [2.45, 2.75) is 6.10 Å². The number of aliphatic hydroxyl groups is 1. The molecule has 0 heterocycles. The molecule has 3 heteroatoms. The van der Waals surface area contributed by atoms with E-state index < -0.39 is 6.10 Å². The van der Waals surface area contributed by atoms with Gasteiger partial charge in [-0.2, -0.15) is 0 Å². The van der Waals surface area contributed by atoms with Crippen LogP contribution in [-0.2, 0) is 0 Å². The SMILES string of the molecule is O[C@@H](c1ccccc1)c1cc(Br)cc(Br)c1. The Morgan fingerprint density at radius 2 is 1.38 bits per heavy atom. The molecule has 0 saturated carbocycles. The first kappa shape index (κ1) is 11.8. The second kappa shape index (κ2) is 5.13. The minimum Gasteiger partial charge on any atom is -0.384 e. The fourth-order valence-corrected chi connectivity index (χ4v) is 2.89. The summed E-state index contributed by atoms with van der Waals surface area (Å²) in [7, 11) is 0. The summed E-state index contributed by atoms with van der Waals surface area (Å²) in [5.74, 6) is 0. The highest BCUT2D eigenvalue weighted by Crippen LogP contribution is 2.27. The zero-order valence-electron chi connectivity index (χ0n) is 8.40. The van der Waals surface area contributed by atoms with Crippen LogP contribution in [0, 0.1) is 0 Å². The molecule has 0 aromatic heterocycles. The summed E-state index contributed by atoms with van der Waals surface area (Å²) in [6.45, 7) is 0. The van der Waals surface area contributed by atoms with E-state index in [-0.39, 0.29) is 0 Å². The van der Waals surface area contributed by atoms with Crippen LogP contribution < -0.4 is 0 Å². The lowest BCUT2D eigenvalue weighted by Gasteiger charge is -2.12. The molecule has 0 bridgehead atoms. The van der Waals surface area contributed by atoms with E-state index in [0.29, 0.717) is 0 Å². The Kier molecular flexibility index (Phi) is 3.79. The normalized spacial score (nSPS) is 12.4. The first-order chi connectivity index (χ1) is 7.66. The first-order valence-electron chi connectivity index (χ1n) is 4.86. The Bertz CT molecular complexity index is 462. The van der Waals surface area contributed by atoms with E-state index in [1.165, 1.54) is 0 Å². The zero-order valence-corrected chi connectivity index (χ0v) is 11.6. The quantitative estimate of drug-likeness (QED) is 0.863. The van der Waals surface area contributed by atoms with Gasteiger partial charge in [0.1, 0.15) is 6.10 Å². The third kappa shape index (κ3) is 2.73. The molecule has 0 aliphatic rings. The molecule has 16 heavy (non-hydrogen) atoms. The monoisotopic (exact) mass is 340 g/mol. The van der Waals surface area contributed by atoms with Gasteiger partial charge in [0.25, 0.3) is 0 Å². The minimum atomic E-state index is -0.588. The molecule has 0 saturated heterocycles. The van der Waals surface area contributed by atoms with Crippen LogP contribution in [0.15, 0.2) is 57.5 Å². The minimum absolute atomic E-state index is 0.588. The summed E-state index contributed by atoms with van der Waals surface area (Å²) in [6, 6.07) is 15.4. The second-order valence-corrected chi connectivity index (χ2v) is 5.35. The number of rotatable bonds is 2. The molecule has 0 radical (unpaired) electrons. The Morgan fingerprint density at radius 1 is 0.812 bits per heavy atom. The van der Waals surface area contributed by atoms with Crippen LogP contribution in [0.1, 0.15) is 17.2 Å². The second-order valence-electron chi connectivity index (χ2n) is 3.52. The van der Waals surface area contributed by atoms with E-state index in [4.69, 9.17) is 0 Å². The van der Waals surface area contributed by atoms with Crippen LogP contribution in [0.5, 0.6) is 0 Å². The Labute approximate surface area is 111 Å². The average Bonchev–Trinajstić information content (AvgIpc) is 2.28. The van der Waals surface area contributed by atoms with Crippen LogP contribution in [0.4, 0.5) is 0 Å². The standard InChI is InChI=1S/C13H10Br2O/c14-11-6-10(7-12(15)8-11)13(16)9-4-2-1-3-5-9/h1-8,13,16H/t13-/m0/s1. The Hall–Kier alpha value is -0.640. The van der Waals surface area contributed by atoms with Gasteiger partial charge >= 0.3 is 0 Å². The van der Waals surface area contributed by atoms with Crippen LogP contribution >= 0.6 is 31.9 Å². The fourth-order valence-electron chi connectivity index (χ4n) is 1.56. The van der Waals surface area contributed by atoms with Crippen LogP contribution in [0.3, 0.4) is 0 Å².